The third kappa shape index (κ3) is 8.09. The summed E-state index contributed by atoms with van der Waals surface area (Å²) < 4.78 is 1.10. The highest BCUT2D eigenvalue weighted by atomic mass is 79.9. The number of carbonyl (C=O) groups is 1. The van der Waals surface area contributed by atoms with Crippen molar-refractivity contribution in [1.29, 1.82) is 0 Å². The van der Waals surface area contributed by atoms with Gasteiger partial charge in [0.15, 0.2) is 5.78 Å². The Morgan fingerprint density at radius 3 is 2.03 bits per heavy atom. The second-order valence-electron chi connectivity index (χ2n) is 8.98. The van der Waals surface area contributed by atoms with Crippen molar-refractivity contribution in [2.45, 2.75) is 71.6 Å². The third-order valence-electron chi connectivity index (χ3n) is 6.44. The molecule has 0 unspecified atom stereocenters. The first-order chi connectivity index (χ1) is 15.6. The van der Waals surface area contributed by atoms with Crippen molar-refractivity contribution < 1.29 is 4.79 Å². The summed E-state index contributed by atoms with van der Waals surface area (Å²) in [5.41, 5.74) is 0.835. The van der Waals surface area contributed by atoms with Crippen molar-refractivity contribution in [3.63, 3.8) is 0 Å². The first-order valence-electron chi connectivity index (χ1n) is 12.5. The highest BCUT2D eigenvalue weighted by Crippen LogP contribution is 2.32. The monoisotopic (exact) mass is 531 g/mol. The summed E-state index contributed by atoms with van der Waals surface area (Å²) in [5, 5.41) is 4.71. The summed E-state index contributed by atoms with van der Waals surface area (Å²) in [6.07, 6.45) is 10.8. The van der Waals surface area contributed by atoms with Gasteiger partial charge in [0.1, 0.15) is 0 Å². The maximum atomic E-state index is 13.1. The predicted molar refractivity (Wildman–Crippen MR) is 150 cm³/mol. The second kappa shape index (κ2) is 14.8. The summed E-state index contributed by atoms with van der Waals surface area (Å²) in [6, 6.07) is 16.7. The predicted octanol–water partition coefficient (Wildman–Crippen LogP) is 9.21. The molecule has 0 aromatic heterocycles. The average Bonchev–Trinajstić information content (AvgIpc) is 2.82. The van der Waals surface area contributed by atoms with Gasteiger partial charge in [0, 0.05) is 23.0 Å². The van der Waals surface area contributed by atoms with Gasteiger partial charge in [0.2, 0.25) is 0 Å². The standard InChI is InChI=1S/C29H38BrNO.ClH/c1-3-5-7-11-18-31(19-12-8-6-4-2)20-17-29(32)24-16-15-23-22-28(30)26-14-10-9-13-25(26)27(23)21-24;/h9-10,13-16,21-22H,3-8,11-12,17-20H2,1-2H3;1H. The van der Waals surface area contributed by atoms with E-state index in [2.05, 4.69) is 77.1 Å². The van der Waals surface area contributed by atoms with Gasteiger partial charge in [-0.15, -0.1) is 12.4 Å². The maximum absolute atomic E-state index is 13.1. The number of hydrogen-bond donors (Lipinski definition) is 0. The van der Waals surface area contributed by atoms with Gasteiger partial charge in [-0.05, 0) is 59.6 Å². The Kier molecular flexibility index (Phi) is 12.4. The molecule has 0 fully saturated rings. The van der Waals surface area contributed by atoms with E-state index in [4.69, 9.17) is 0 Å². The fourth-order valence-corrected chi connectivity index (χ4v) is 5.09. The molecule has 2 nitrogen and oxygen atoms in total. The number of unbranched alkanes of at least 4 members (excludes halogenated alkanes) is 6. The van der Waals surface area contributed by atoms with Crippen molar-refractivity contribution in [3.05, 3.63) is 58.6 Å². The van der Waals surface area contributed by atoms with Crippen LogP contribution in [0.15, 0.2) is 53.0 Å². The molecule has 0 aliphatic heterocycles. The molecular formula is C29H39BrClNO. The van der Waals surface area contributed by atoms with Gasteiger partial charge in [-0.2, -0.15) is 0 Å². The summed E-state index contributed by atoms with van der Waals surface area (Å²) in [6.45, 7) is 7.63. The van der Waals surface area contributed by atoms with E-state index >= 15 is 0 Å². The Morgan fingerprint density at radius 2 is 1.39 bits per heavy atom. The first-order valence-corrected chi connectivity index (χ1v) is 13.3. The zero-order valence-electron chi connectivity index (χ0n) is 20.2. The molecular weight excluding hydrogens is 494 g/mol. The van der Waals surface area contributed by atoms with E-state index in [1.54, 1.807) is 0 Å². The first kappa shape index (κ1) is 27.8. The van der Waals surface area contributed by atoms with Crippen LogP contribution in [0.1, 0.15) is 82.0 Å². The molecule has 4 heteroatoms. The molecule has 0 bridgehead atoms. The van der Waals surface area contributed by atoms with Gasteiger partial charge in [-0.25, -0.2) is 0 Å². The van der Waals surface area contributed by atoms with E-state index in [9.17, 15) is 4.79 Å². The minimum Gasteiger partial charge on any atom is -0.303 e. The van der Waals surface area contributed by atoms with Crippen LogP contribution in [0, 0.1) is 0 Å². The highest BCUT2D eigenvalue weighted by molar-refractivity contribution is 9.10. The van der Waals surface area contributed by atoms with Gasteiger partial charge < -0.3 is 4.90 Å². The molecule has 0 heterocycles. The number of hydrogen-bond acceptors (Lipinski definition) is 2. The van der Waals surface area contributed by atoms with Crippen LogP contribution in [0.3, 0.4) is 0 Å². The molecule has 0 saturated carbocycles. The van der Waals surface area contributed by atoms with Gasteiger partial charge >= 0.3 is 0 Å². The summed E-state index contributed by atoms with van der Waals surface area (Å²) in [4.78, 5) is 15.6. The van der Waals surface area contributed by atoms with Crippen LogP contribution >= 0.6 is 28.3 Å². The van der Waals surface area contributed by atoms with Crippen LogP contribution in [0.25, 0.3) is 21.5 Å². The van der Waals surface area contributed by atoms with E-state index in [0.29, 0.717) is 6.42 Å². The van der Waals surface area contributed by atoms with Crippen LogP contribution in [-0.2, 0) is 0 Å². The normalized spacial score (nSPS) is 11.3. The number of nitrogens with zero attached hydrogens (tertiary/aromatic N) is 1. The van der Waals surface area contributed by atoms with Crippen LogP contribution in [-0.4, -0.2) is 30.3 Å². The SMILES string of the molecule is CCCCCCN(CCCCCC)CCC(=O)c1ccc2cc(Br)c3ccccc3c2c1.Cl. The molecule has 0 aliphatic rings. The number of fused-ring (bicyclic) bond motifs is 3. The van der Waals surface area contributed by atoms with Gasteiger partial charge in [-0.3, -0.25) is 4.79 Å². The Labute approximate surface area is 214 Å². The lowest BCUT2D eigenvalue weighted by molar-refractivity contribution is 0.0963. The Morgan fingerprint density at radius 1 is 0.758 bits per heavy atom. The number of Topliss-reactive ketones (excluding diaryl/α,β-unsaturated/α-hetero) is 1. The van der Waals surface area contributed by atoms with E-state index in [1.807, 2.05) is 6.07 Å². The Hall–Kier alpha value is -1.42. The molecule has 33 heavy (non-hydrogen) atoms. The zero-order valence-corrected chi connectivity index (χ0v) is 22.6. The van der Waals surface area contributed by atoms with E-state index < -0.39 is 0 Å². The second-order valence-corrected chi connectivity index (χ2v) is 9.83. The van der Waals surface area contributed by atoms with Crippen LogP contribution in [0.5, 0.6) is 0 Å². The van der Waals surface area contributed by atoms with E-state index in [-0.39, 0.29) is 18.2 Å². The lowest BCUT2D eigenvalue weighted by atomic mass is 9.98. The number of benzene rings is 3. The lowest BCUT2D eigenvalue weighted by Crippen LogP contribution is -2.28. The molecule has 0 atom stereocenters. The van der Waals surface area contributed by atoms with Gasteiger partial charge in [0.25, 0.3) is 0 Å². The van der Waals surface area contributed by atoms with Crippen molar-refractivity contribution in [1.82, 2.24) is 4.90 Å². The molecule has 0 spiro atoms. The minimum atomic E-state index is 0. The molecule has 3 aromatic carbocycles. The molecule has 3 aromatic rings. The number of carbonyl (C=O) groups excluding carboxylic acids is 1. The van der Waals surface area contributed by atoms with Crippen molar-refractivity contribution in [2.75, 3.05) is 19.6 Å². The average molecular weight is 533 g/mol. The number of rotatable bonds is 14. The van der Waals surface area contributed by atoms with Gasteiger partial charge in [-0.1, -0.05) is 105 Å². The third-order valence-corrected chi connectivity index (χ3v) is 7.10. The number of ketones is 1. The van der Waals surface area contributed by atoms with Gasteiger partial charge in [0.05, 0.1) is 0 Å². The minimum absolute atomic E-state index is 0. The largest absolute Gasteiger partial charge is 0.303 e. The highest BCUT2D eigenvalue weighted by Gasteiger charge is 2.12. The topological polar surface area (TPSA) is 20.3 Å². The summed E-state index contributed by atoms with van der Waals surface area (Å²) in [7, 11) is 0. The van der Waals surface area contributed by atoms with Crippen LogP contribution in [0.4, 0.5) is 0 Å². The summed E-state index contributed by atoms with van der Waals surface area (Å²) in [5.74, 6) is 0.256. The number of halogens is 2. The van der Waals surface area contributed by atoms with Crippen molar-refractivity contribution >= 4 is 55.7 Å². The Bertz CT molecular complexity index is 1010. The molecule has 0 amide bonds. The van der Waals surface area contributed by atoms with E-state index in [1.165, 1.54) is 67.5 Å². The molecule has 0 saturated heterocycles. The van der Waals surface area contributed by atoms with Crippen LogP contribution < -0.4 is 0 Å². The fourth-order valence-electron chi connectivity index (χ4n) is 4.49. The molecule has 180 valence electrons. The smallest absolute Gasteiger partial charge is 0.164 e. The Balaban J connectivity index is 0.00000385. The fraction of sp³-hybridized carbons (Fsp3) is 0.483. The van der Waals surface area contributed by atoms with E-state index in [0.717, 1.165) is 35.1 Å². The quantitative estimate of drug-likeness (QED) is 0.117. The molecule has 0 aliphatic carbocycles. The van der Waals surface area contributed by atoms with Crippen molar-refractivity contribution in [3.8, 4) is 0 Å². The molecule has 0 radical (unpaired) electrons. The van der Waals surface area contributed by atoms with Crippen molar-refractivity contribution in [2.24, 2.45) is 0 Å². The molecule has 3 rings (SSSR count). The maximum Gasteiger partial charge on any atom is 0.164 e. The lowest BCUT2D eigenvalue weighted by Gasteiger charge is -2.22. The molecule has 0 N–H and O–H groups in total. The summed E-state index contributed by atoms with van der Waals surface area (Å²) >= 11 is 3.69. The zero-order chi connectivity index (χ0) is 22.8. The van der Waals surface area contributed by atoms with Crippen LogP contribution in [0.2, 0.25) is 0 Å².